The lowest BCUT2D eigenvalue weighted by Crippen LogP contribution is -2.26. The van der Waals surface area contributed by atoms with Crippen molar-refractivity contribution in [2.24, 2.45) is 0 Å². The highest BCUT2D eigenvalue weighted by molar-refractivity contribution is 6.28. The van der Waals surface area contributed by atoms with E-state index in [1.165, 1.54) is 0 Å². The van der Waals surface area contributed by atoms with Crippen LogP contribution in [-0.4, -0.2) is 34.6 Å². The molecule has 0 aliphatic rings. The molecule has 96 valence electrons. The molecule has 5 nitrogen and oxygen atoms in total. The van der Waals surface area contributed by atoms with Gasteiger partial charge in [0.05, 0.1) is 0 Å². The largest absolute Gasteiger partial charge is 0.351 e. The van der Waals surface area contributed by atoms with Crippen molar-refractivity contribution >= 4 is 23.5 Å². The van der Waals surface area contributed by atoms with Crippen LogP contribution in [0.25, 0.3) is 0 Å². The Morgan fingerprint density at radius 3 is 2.28 bits per heavy atom. The van der Waals surface area contributed by atoms with Crippen molar-refractivity contribution in [1.29, 1.82) is 0 Å². The second-order valence-corrected chi connectivity index (χ2v) is 3.72. The molecule has 0 bridgehead atoms. The Morgan fingerprint density at radius 1 is 1.06 bits per heavy atom. The molecule has 1 heterocycles. The Bertz CT molecular complexity index is 422. The van der Waals surface area contributed by atoms with Gasteiger partial charge < -0.3 is 10.2 Å². The molecule has 0 atom stereocenters. The fourth-order valence-electron chi connectivity index (χ4n) is 1.27. The number of anilines is 2. The second-order valence-electron chi connectivity index (χ2n) is 3.38. The zero-order valence-corrected chi connectivity index (χ0v) is 10.9. The topological polar surface area (TPSA) is 53.9 Å². The van der Waals surface area contributed by atoms with Gasteiger partial charge in [0.15, 0.2) is 0 Å². The highest BCUT2D eigenvalue weighted by atomic mass is 35.5. The van der Waals surface area contributed by atoms with Gasteiger partial charge in [-0.25, -0.2) is 0 Å². The van der Waals surface area contributed by atoms with Gasteiger partial charge in [0.1, 0.15) is 0 Å². The SMILES string of the molecule is C=CCNc1nc(Cl)nc(N(CC=C)CC=C)n1. The van der Waals surface area contributed by atoms with E-state index in [-0.39, 0.29) is 5.28 Å². The van der Waals surface area contributed by atoms with Gasteiger partial charge in [-0.05, 0) is 11.6 Å². The van der Waals surface area contributed by atoms with Gasteiger partial charge in [-0.15, -0.1) is 19.7 Å². The Labute approximate surface area is 112 Å². The summed E-state index contributed by atoms with van der Waals surface area (Å²) in [6.45, 7) is 12.8. The van der Waals surface area contributed by atoms with Crippen molar-refractivity contribution in [3.63, 3.8) is 0 Å². The summed E-state index contributed by atoms with van der Waals surface area (Å²) < 4.78 is 0. The quantitative estimate of drug-likeness (QED) is 0.731. The summed E-state index contributed by atoms with van der Waals surface area (Å²) in [5.41, 5.74) is 0. The van der Waals surface area contributed by atoms with Crippen LogP contribution in [-0.2, 0) is 0 Å². The molecule has 1 N–H and O–H groups in total. The van der Waals surface area contributed by atoms with Crippen LogP contribution >= 0.6 is 11.6 Å². The lowest BCUT2D eigenvalue weighted by Gasteiger charge is -2.19. The number of nitrogens with one attached hydrogen (secondary N) is 1. The molecular formula is C12H16ClN5. The summed E-state index contributed by atoms with van der Waals surface area (Å²) in [5.74, 6) is 0.907. The Morgan fingerprint density at radius 2 is 1.72 bits per heavy atom. The standard InChI is InChI=1S/C12H16ClN5/c1-4-7-14-11-15-10(13)16-12(17-11)18(8-5-2)9-6-3/h4-6H,1-3,7-9H2,(H,14,15,16,17). The molecule has 1 rings (SSSR count). The predicted molar refractivity (Wildman–Crippen MR) is 76.1 cm³/mol. The van der Waals surface area contributed by atoms with E-state index in [1.54, 1.807) is 18.2 Å². The van der Waals surface area contributed by atoms with Crippen LogP contribution in [0, 0.1) is 0 Å². The first kappa shape index (κ1) is 14.2. The van der Waals surface area contributed by atoms with E-state index in [9.17, 15) is 0 Å². The van der Waals surface area contributed by atoms with Crippen LogP contribution in [0.1, 0.15) is 0 Å². The Hall–Kier alpha value is -1.88. The second kappa shape index (κ2) is 7.45. The molecular weight excluding hydrogens is 250 g/mol. The molecule has 0 saturated heterocycles. The van der Waals surface area contributed by atoms with Gasteiger partial charge in [-0.3, -0.25) is 0 Å². The average Bonchev–Trinajstić information content (AvgIpc) is 2.35. The van der Waals surface area contributed by atoms with Gasteiger partial charge in [-0.2, -0.15) is 15.0 Å². The maximum absolute atomic E-state index is 5.87. The molecule has 0 spiro atoms. The van der Waals surface area contributed by atoms with Gasteiger partial charge >= 0.3 is 0 Å². The molecule has 0 saturated carbocycles. The van der Waals surface area contributed by atoms with E-state index in [2.05, 4.69) is 40.0 Å². The summed E-state index contributed by atoms with van der Waals surface area (Å²) in [4.78, 5) is 14.2. The van der Waals surface area contributed by atoms with Crippen molar-refractivity contribution in [2.45, 2.75) is 0 Å². The monoisotopic (exact) mass is 265 g/mol. The lowest BCUT2D eigenvalue weighted by atomic mass is 10.4. The van der Waals surface area contributed by atoms with Crippen molar-refractivity contribution < 1.29 is 0 Å². The molecule has 0 fully saturated rings. The molecule has 0 aliphatic carbocycles. The van der Waals surface area contributed by atoms with Crippen molar-refractivity contribution in [2.75, 3.05) is 29.9 Å². The highest BCUT2D eigenvalue weighted by Gasteiger charge is 2.10. The van der Waals surface area contributed by atoms with Gasteiger partial charge in [0.25, 0.3) is 0 Å². The molecule has 0 aliphatic heterocycles. The van der Waals surface area contributed by atoms with Gasteiger partial charge in [-0.1, -0.05) is 18.2 Å². The number of hydrogen-bond acceptors (Lipinski definition) is 5. The summed E-state index contributed by atoms with van der Waals surface area (Å²) in [6.07, 6.45) is 5.23. The maximum Gasteiger partial charge on any atom is 0.232 e. The summed E-state index contributed by atoms with van der Waals surface area (Å²) in [7, 11) is 0. The first-order chi connectivity index (χ1) is 8.71. The normalized spacial score (nSPS) is 9.61. The summed E-state index contributed by atoms with van der Waals surface area (Å²) in [6, 6.07) is 0. The zero-order valence-electron chi connectivity index (χ0n) is 10.1. The van der Waals surface area contributed by atoms with E-state index in [0.717, 1.165) is 0 Å². The van der Waals surface area contributed by atoms with Gasteiger partial charge in [0, 0.05) is 19.6 Å². The third-order valence-electron chi connectivity index (χ3n) is 1.98. The summed E-state index contributed by atoms with van der Waals surface area (Å²) in [5, 5.41) is 3.11. The van der Waals surface area contributed by atoms with Gasteiger partial charge in [0.2, 0.25) is 17.2 Å². The number of nitrogens with zero attached hydrogens (tertiary/aromatic N) is 4. The summed E-state index contributed by atoms with van der Waals surface area (Å²) >= 11 is 5.87. The van der Waals surface area contributed by atoms with E-state index in [1.807, 2.05) is 4.90 Å². The van der Waals surface area contributed by atoms with Crippen LogP contribution in [0.5, 0.6) is 0 Å². The third kappa shape index (κ3) is 4.18. The van der Waals surface area contributed by atoms with E-state index >= 15 is 0 Å². The lowest BCUT2D eigenvalue weighted by molar-refractivity contribution is 0.872. The minimum atomic E-state index is 0.143. The fraction of sp³-hybridized carbons (Fsp3) is 0.250. The predicted octanol–water partition coefficient (Wildman–Crippen LogP) is 2.30. The number of rotatable bonds is 8. The number of aromatic nitrogens is 3. The van der Waals surface area contributed by atoms with E-state index in [4.69, 9.17) is 11.6 Å². The molecule has 0 unspecified atom stereocenters. The van der Waals surface area contributed by atoms with E-state index < -0.39 is 0 Å². The van der Waals surface area contributed by atoms with Crippen LogP contribution in [0.2, 0.25) is 5.28 Å². The molecule has 0 radical (unpaired) electrons. The third-order valence-corrected chi connectivity index (χ3v) is 2.15. The van der Waals surface area contributed by atoms with Crippen LogP contribution in [0.15, 0.2) is 38.0 Å². The average molecular weight is 266 g/mol. The number of halogens is 1. The maximum atomic E-state index is 5.87. The van der Waals surface area contributed by atoms with Crippen molar-refractivity contribution in [3.8, 4) is 0 Å². The first-order valence-electron chi connectivity index (χ1n) is 5.44. The minimum absolute atomic E-state index is 0.143. The zero-order chi connectivity index (χ0) is 13.4. The highest BCUT2D eigenvalue weighted by Crippen LogP contribution is 2.13. The van der Waals surface area contributed by atoms with Crippen LogP contribution in [0.3, 0.4) is 0 Å². The molecule has 6 heteroatoms. The molecule has 1 aromatic rings. The van der Waals surface area contributed by atoms with Crippen molar-refractivity contribution in [3.05, 3.63) is 43.2 Å². The fourth-order valence-corrected chi connectivity index (χ4v) is 1.43. The minimum Gasteiger partial charge on any atom is -0.351 e. The van der Waals surface area contributed by atoms with E-state index in [0.29, 0.717) is 31.5 Å². The Kier molecular flexibility index (Phi) is 5.87. The Balaban J connectivity index is 2.97. The smallest absolute Gasteiger partial charge is 0.232 e. The first-order valence-corrected chi connectivity index (χ1v) is 5.82. The van der Waals surface area contributed by atoms with Crippen LogP contribution in [0.4, 0.5) is 11.9 Å². The van der Waals surface area contributed by atoms with Crippen LogP contribution < -0.4 is 10.2 Å². The molecule has 18 heavy (non-hydrogen) atoms. The number of hydrogen-bond donors (Lipinski definition) is 1. The molecule has 0 amide bonds. The van der Waals surface area contributed by atoms with Crippen molar-refractivity contribution in [1.82, 2.24) is 15.0 Å². The molecule has 0 aromatic carbocycles. The molecule has 1 aromatic heterocycles.